The van der Waals surface area contributed by atoms with Crippen LogP contribution in [-0.2, 0) is 6.61 Å². The molecule has 1 aliphatic rings. The van der Waals surface area contributed by atoms with Crippen molar-refractivity contribution in [2.75, 3.05) is 6.61 Å². The minimum Gasteiger partial charge on any atom is -0.491 e. The van der Waals surface area contributed by atoms with Crippen molar-refractivity contribution in [2.24, 2.45) is 5.73 Å². The van der Waals surface area contributed by atoms with Crippen LogP contribution in [0.1, 0.15) is 17.2 Å². The van der Waals surface area contributed by atoms with Gasteiger partial charge in [-0.05, 0) is 24.3 Å². The van der Waals surface area contributed by atoms with Crippen molar-refractivity contribution < 1.29 is 13.9 Å². The molecule has 3 rings (SSSR count). The van der Waals surface area contributed by atoms with Crippen LogP contribution in [-0.4, -0.2) is 6.61 Å². The summed E-state index contributed by atoms with van der Waals surface area (Å²) in [5.41, 5.74) is 7.59. The molecule has 0 spiro atoms. The van der Waals surface area contributed by atoms with Gasteiger partial charge in [0.2, 0.25) is 0 Å². The van der Waals surface area contributed by atoms with E-state index >= 15 is 0 Å². The Labute approximate surface area is 121 Å². The number of rotatable bonds is 3. The Hall–Kier alpha value is -1.78. The van der Waals surface area contributed by atoms with E-state index in [1.807, 2.05) is 12.1 Å². The van der Waals surface area contributed by atoms with Gasteiger partial charge in [0.1, 0.15) is 30.5 Å². The first kappa shape index (κ1) is 13.2. The predicted molar refractivity (Wildman–Crippen MR) is 74.6 cm³/mol. The molecule has 104 valence electrons. The third-order valence-electron chi connectivity index (χ3n) is 3.21. The van der Waals surface area contributed by atoms with Gasteiger partial charge in [0.15, 0.2) is 0 Å². The number of ether oxygens (including phenoxy) is 2. The van der Waals surface area contributed by atoms with Crippen LogP contribution in [0.15, 0.2) is 36.4 Å². The zero-order valence-corrected chi connectivity index (χ0v) is 11.4. The minimum atomic E-state index is -0.362. The molecule has 0 aromatic heterocycles. The Morgan fingerprint density at radius 3 is 2.95 bits per heavy atom. The third kappa shape index (κ3) is 2.57. The highest BCUT2D eigenvalue weighted by atomic mass is 35.5. The smallest absolute Gasteiger partial charge is 0.127 e. The molecular formula is C15H13ClFNO2. The SMILES string of the molecule is NC1COc2cc(OCc3ccc(F)cc3Cl)ccc21. The molecule has 2 aromatic rings. The molecule has 0 radical (unpaired) electrons. The molecule has 0 saturated heterocycles. The van der Waals surface area contributed by atoms with E-state index < -0.39 is 0 Å². The normalized spacial score (nSPS) is 16.6. The van der Waals surface area contributed by atoms with Crippen molar-refractivity contribution in [3.05, 3.63) is 58.4 Å². The highest BCUT2D eigenvalue weighted by molar-refractivity contribution is 6.31. The van der Waals surface area contributed by atoms with Crippen LogP contribution in [0.2, 0.25) is 5.02 Å². The molecule has 0 aliphatic carbocycles. The highest BCUT2D eigenvalue weighted by Gasteiger charge is 2.20. The molecule has 0 fully saturated rings. The Balaban J connectivity index is 1.73. The molecule has 1 aliphatic heterocycles. The van der Waals surface area contributed by atoms with Crippen molar-refractivity contribution in [1.82, 2.24) is 0 Å². The van der Waals surface area contributed by atoms with Crippen molar-refractivity contribution in [2.45, 2.75) is 12.6 Å². The van der Waals surface area contributed by atoms with Crippen LogP contribution >= 0.6 is 11.6 Å². The lowest BCUT2D eigenvalue weighted by atomic mass is 10.1. The van der Waals surface area contributed by atoms with Gasteiger partial charge in [-0.2, -0.15) is 0 Å². The molecule has 3 nitrogen and oxygen atoms in total. The van der Waals surface area contributed by atoms with Gasteiger partial charge < -0.3 is 15.2 Å². The number of halogens is 2. The van der Waals surface area contributed by atoms with Crippen molar-refractivity contribution in [3.8, 4) is 11.5 Å². The fraction of sp³-hybridized carbons (Fsp3) is 0.200. The summed E-state index contributed by atoms with van der Waals surface area (Å²) in [6.07, 6.45) is 0. The first-order chi connectivity index (χ1) is 9.63. The number of benzene rings is 2. The summed E-state index contributed by atoms with van der Waals surface area (Å²) in [4.78, 5) is 0. The van der Waals surface area contributed by atoms with Gasteiger partial charge in [0.25, 0.3) is 0 Å². The highest BCUT2D eigenvalue weighted by Crippen LogP contribution is 2.34. The minimum absolute atomic E-state index is 0.0782. The molecule has 5 heteroatoms. The lowest BCUT2D eigenvalue weighted by Gasteiger charge is -2.09. The van der Waals surface area contributed by atoms with Crippen LogP contribution in [0.4, 0.5) is 4.39 Å². The maximum absolute atomic E-state index is 12.9. The van der Waals surface area contributed by atoms with E-state index in [1.165, 1.54) is 12.1 Å². The maximum Gasteiger partial charge on any atom is 0.127 e. The second-order valence-corrected chi connectivity index (χ2v) is 5.05. The van der Waals surface area contributed by atoms with Gasteiger partial charge in [-0.3, -0.25) is 0 Å². The predicted octanol–water partition coefficient (Wildman–Crippen LogP) is 3.45. The molecule has 2 aromatic carbocycles. The first-order valence-corrected chi connectivity index (χ1v) is 6.60. The topological polar surface area (TPSA) is 44.5 Å². The molecule has 1 unspecified atom stereocenters. The second kappa shape index (κ2) is 5.31. The van der Waals surface area contributed by atoms with Gasteiger partial charge in [-0.25, -0.2) is 4.39 Å². The monoisotopic (exact) mass is 293 g/mol. The lowest BCUT2D eigenvalue weighted by molar-refractivity contribution is 0.301. The van der Waals surface area contributed by atoms with Gasteiger partial charge in [-0.15, -0.1) is 0 Å². The number of nitrogens with two attached hydrogens (primary N) is 1. The number of hydrogen-bond donors (Lipinski definition) is 1. The molecular weight excluding hydrogens is 281 g/mol. The summed E-state index contributed by atoms with van der Waals surface area (Å²) in [5.74, 6) is 1.05. The second-order valence-electron chi connectivity index (χ2n) is 4.64. The van der Waals surface area contributed by atoms with Crippen LogP contribution < -0.4 is 15.2 Å². The molecule has 0 bridgehead atoms. The van der Waals surface area contributed by atoms with Crippen LogP contribution in [0.25, 0.3) is 0 Å². The van der Waals surface area contributed by atoms with E-state index in [4.69, 9.17) is 26.8 Å². The Kier molecular flexibility index (Phi) is 3.51. The average Bonchev–Trinajstić information content (AvgIpc) is 2.79. The summed E-state index contributed by atoms with van der Waals surface area (Å²) in [6.45, 7) is 0.756. The van der Waals surface area contributed by atoms with Gasteiger partial charge >= 0.3 is 0 Å². The Bertz CT molecular complexity index is 648. The van der Waals surface area contributed by atoms with E-state index in [9.17, 15) is 4.39 Å². The van der Waals surface area contributed by atoms with Crippen molar-refractivity contribution in [1.29, 1.82) is 0 Å². The summed E-state index contributed by atoms with van der Waals surface area (Å²) in [6, 6.07) is 9.70. The molecule has 20 heavy (non-hydrogen) atoms. The van der Waals surface area contributed by atoms with E-state index in [-0.39, 0.29) is 18.5 Å². The largest absolute Gasteiger partial charge is 0.491 e. The molecule has 0 saturated carbocycles. The maximum atomic E-state index is 12.9. The third-order valence-corrected chi connectivity index (χ3v) is 3.56. The van der Waals surface area contributed by atoms with Gasteiger partial charge in [0, 0.05) is 17.2 Å². The van der Waals surface area contributed by atoms with Crippen molar-refractivity contribution >= 4 is 11.6 Å². The van der Waals surface area contributed by atoms with E-state index in [2.05, 4.69) is 0 Å². The first-order valence-electron chi connectivity index (χ1n) is 6.22. The summed E-state index contributed by atoms with van der Waals surface area (Å²) < 4.78 is 24.1. The molecule has 1 heterocycles. The number of fused-ring (bicyclic) bond motifs is 1. The van der Waals surface area contributed by atoms with Crippen LogP contribution in [0, 0.1) is 5.82 Å². The van der Waals surface area contributed by atoms with Crippen molar-refractivity contribution in [3.63, 3.8) is 0 Å². The summed E-state index contributed by atoms with van der Waals surface area (Å²) in [5, 5.41) is 0.351. The lowest BCUT2D eigenvalue weighted by Crippen LogP contribution is -2.10. The molecule has 2 N–H and O–H groups in total. The Morgan fingerprint density at radius 1 is 1.30 bits per heavy atom. The quantitative estimate of drug-likeness (QED) is 0.942. The van der Waals surface area contributed by atoms with Crippen LogP contribution in [0.5, 0.6) is 11.5 Å². The average molecular weight is 294 g/mol. The fourth-order valence-corrected chi connectivity index (χ4v) is 2.33. The van der Waals surface area contributed by atoms with E-state index in [0.717, 1.165) is 16.9 Å². The van der Waals surface area contributed by atoms with Crippen LogP contribution in [0.3, 0.4) is 0 Å². The zero-order chi connectivity index (χ0) is 14.1. The fourth-order valence-electron chi connectivity index (χ4n) is 2.10. The zero-order valence-electron chi connectivity index (χ0n) is 10.6. The molecule has 1 atom stereocenters. The standard InChI is InChI=1S/C15H13ClFNO2/c16-13-5-10(17)2-1-9(13)7-19-11-3-4-12-14(18)8-20-15(12)6-11/h1-6,14H,7-8,18H2. The summed E-state index contributed by atoms with van der Waals surface area (Å²) in [7, 11) is 0. The summed E-state index contributed by atoms with van der Waals surface area (Å²) >= 11 is 5.95. The van der Waals surface area contributed by atoms with Gasteiger partial charge in [0.05, 0.1) is 11.1 Å². The van der Waals surface area contributed by atoms with Gasteiger partial charge in [-0.1, -0.05) is 17.7 Å². The molecule has 0 amide bonds. The Morgan fingerprint density at radius 2 is 2.15 bits per heavy atom. The van der Waals surface area contributed by atoms with E-state index in [1.54, 1.807) is 12.1 Å². The number of hydrogen-bond acceptors (Lipinski definition) is 3. The van der Waals surface area contributed by atoms with E-state index in [0.29, 0.717) is 17.4 Å².